The molecular weight excluding hydrogens is 1620 g/mol. The van der Waals surface area contributed by atoms with Crippen molar-refractivity contribution in [2.45, 2.75) is 107 Å². The number of nitriles is 5. The maximum Gasteiger partial charge on any atom is 0.191 e. The number of hydrogen-bond donors (Lipinski definition) is 5. The molecule has 15 aromatic rings. The van der Waals surface area contributed by atoms with Gasteiger partial charge in [0.25, 0.3) is 0 Å². The molecule has 0 aliphatic heterocycles. The van der Waals surface area contributed by atoms with E-state index in [1.54, 1.807) is 56.4 Å². The minimum absolute atomic E-state index is 0.127. The lowest BCUT2D eigenvalue weighted by atomic mass is 9.86. The average molecular weight is 1710 g/mol. The summed E-state index contributed by atoms with van der Waals surface area (Å²) in [5.74, 6) is 2.83. The normalized spacial score (nSPS) is 11.0. The highest BCUT2D eigenvalue weighted by Gasteiger charge is 2.20. The number of methoxy groups -OCH3 is 1. The van der Waals surface area contributed by atoms with Crippen LogP contribution in [0.25, 0.3) is 4.85 Å². The standard InChI is InChI=1S/C23H24N4.C21H20N4.C20H15N5.C20H18N4O.C19H14Cl2N4/c1-16-5-7-18(8-6-16)15-25-22-20(14-24)21(26-27-22)13-17-9-11-19(12-10-17)23(2,3)4;1-14-4-6-17(7-5-14)13-23-21-19(12-22)20(24-25-21)11-18-9-15(2)8-16(3)10-18;1-14-3-5-16(6-4-14)13-23-20-18(12-21)19(24-25-20)11-15-7-9-17(22-2)10-8-15;1-14-3-5-16(6-4-14)13-22-20-18(12-21)19(23-24-20)11-15-7-9-17(25-2)10-8-15;1-12-2-4-13(5-3-12)11-23-19-17(10-22)18(24-25-19)8-14-6-15(20)9-16(21)7-14/h5-12,15H,13H2,1-4H3,(H,26,27);4-10,13H,11H2,1-3H3,(H,24,25);3-10,13H,11H2,1H3,(H,24,25);3-10,13H,11H2,1-2H3,(H,23,24);2-7,9,11H,8H2,1H3,(H,24,25). The number of halogens is 2. The molecule has 0 amide bonds. The van der Waals surface area contributed by atoms with Gasteiger partial charge in [-0.25, -0.2) is 29.8 Å². The maximum absolute atomic E-state index is 9.57. The summed E-state index contributed by atoms with van der Waals surface area (Å²) in [7, 11) is 1.63. The number of aromatic nitrogens is 10. The Morgan fingerprint density at radius 2 is 0.575 bits per heavy atom. The van der Waals surface area contributed by atoms with Crippen molar-refractivity contribution < 1.29 is 4.74 Å². The molecule has 0 spiro atoms. The fraction of sp³-hybridized carbons (Fsp3) is 0.165. The van der Waals surface area contributed by atoms with Crippen molar-refractivity contribution in [2.24, 2.45) is 25.0 Å². The highest BCUT2D eigenvalue weighted by Crippen LogP contribution is 2.31. The topological polar surface area (TPSA) is 338 Å². The van der Waals surface area contributed by atoms with Gasteiger partial charge < -0.3 is 4.74 Å². The zero-order valence-electron chi connectivity index (χ0n) is 72.2. The number of nitrogens with one attached hydrogen (secondary N) is 5. The molecule has 24 heteroatoms. The summed E-state index contributed by atoms with van der Waals surface area (Å²) in [6.07, 6.45) is 11.4. The van der Waals surface area contributed by atoms with E-state index in [1.807, 2.05) is 204 Å². The SMILES string of the molecule is COc1ccc(Cc2[nH]nc(N=Cc3ccc(C)cc3)c2C#N)cc1.Cc1ccc(C=Nc2n[nH]c(Cc3cc(C)cc(C)c3)c2C#N)cc1.Cc1ccc(C=Nc2n[nH]c(Cc3cc(Cl)cc(Cl)c3)c2C#N)cc1.Cc1ccc(C=Nc2n[nH]c(Cc3ccc(C(C)(C)C)cc3)c2C#N)cc1.[C-]#[N+]c1ccc(Cc2[nH]nc(N=Cc3ccc(C)cc3)c2C#N)cc1. The van der Waals surface area contributed by atoms with E-state index in [1.165, 1.54) is 44.5 Å². The lowest BCUT2D eigenvalue weighted by Gasteiger charge is -2.19. The number of nitrogens with zero attached hydrogens (tertiary/aromatic N) is 16. The van der Waals surface area contributed by atoms with Crippen LogP contribution >= 0.6 is 23.2 Å². The van der Waals surface area contributed by atoms with Crippen LogP contribution in [0.2, 0.25) is 10.0 Å². The van der Waals surface area contributed by atoms with Crippen molar-refractivity contribution in [3.05, 3.63) is 408 Å². The van der Waals surface area contributed by atoms with Gasteiger partial charge >= 0.3 is 0 Å². The Morgan fingerprint density at radius 1 is 0.331 bits per heavy atom. The molecule has 0 aliphatic carbocycles. The number of H-pyrrole nitrogens is 5. The Kier molecular flexibility index (Phi) is 32.2. The molecule has 22 nitrogen and oxygen atoms in total. The Bertz CT molecular complexity index is 6490. The first-order valence-electron chi connectivity index (χ1n) is 40.5. The quantitative estimate of drug-likeness (QED) is 0.0332. The van der Waals surface area contributed by atoms with Crippen molar-refractivity contribution in [3.8, 4) is 36.1 Å². The molecule has 0 saturated carbocycles. The van der Waals surface area contributed by atoms with E-state index < -0.39 is 0 Å². The van der Waals surface area contributed by atoms with Crippen LogP contribution in [0.4, 0.5) is 34.8 Å². The number of aromatic amines is 5. The molecule has 0 aliphatic rings. The number of benzene rings is 10. The lowest BCUT2D eigenvalue weighted by Crippen LogP contribution is -2.10. The predicted molar refractivity (Wildman–Crippen MR) is 506 cm³/mol. The van der Waals surface area contributed by atoms with Crippen LogP contribution in [0.3, 0.4) is 0 Å². The molecule has 127 heavy (non-hydrogen) atoms. The van der Waals surface area contributed by atoms with E-state index >= 15 is 0 Å². The van der Waals surface area contributed by atoms with Crippen LogP contribution in [0.1, 0.15) is 177 Å². The van der Waals surface area contributed by atoms with Crippen LogP contribution in [0, 0.1) is 112 Å². The third kappa shape index (κ3) is 27.0. The second-order valence-corrected chi connectivity index (χ2v) is 32.0. The van der Waals surface area contributed by atoms with Crippen LogP contribution in [-0.2, 0) is 37.5 Å². The van der Waals surface area contributed by atoms with Gasteiger partial charge in [0, 0.05) is 73.2 Å². The molecular formula is C103H91Cl2N21O. The van der Waals surface area contributed by atoms with Gasteiger partial charge in [0.05, 0.1) is 42.2 Å². The largest absolute Gasteiger partial charge is 0.497 e. The second-order valence-electron chi connectivity index (χ2n) is 31.1. The van der Waals surface area contributed by atoms with Gasteiger partial charge in [-0.15, -0.1) is 0 Å². The summed E-state index contributed by atoms with van der Waals surface area (Å²) < 4.78 is 5.16. The number of rotatable bonds is 21. The minimum Gasteiger partial charge on any atom is -0.497 e. The predicted octanol–water partition coefficient (Wildman–Crippen LogP) is 23.4. The molecule has 0 radical (unpaired) electrons. The minimum atomic E-state index is 0.127. The zero-order valence-corrected chi connectivity index (χ0v) is 73.7. The van der Waals surface area contributed by atoms with E-state index in [0.29, 0.717) is 116 Å². The van der Waals surface area contributed by atoms with Crippen LogP contribution in [0.15, 0.2) is 255 Å². The number of aryl methyl sites for hydroxylation is 7. The van der Waals surface area contributed by atoms with Crippen molar-refractivity contribution >= 4 is 89.1 Å². The maximum atomic E-state index is 9.57. The summed E-state index contributed by atoms with van der Waals surface area (Å²) in [6, 6.07) is 86.2. The molecule has 628 valence electrons. The number of hydrogen-bond acceptors (Lipinski definition) is 16. The first kappa shape index (κ1) is 91.7. The molecule has 0 saturated heterocycles. The van der Waals surface area contributed by atoms with Crippen molar-refractivity contribution in [1.82, 2.24) is 51.0 Å². The van der Waals surface area contributed by atoms with Gasteiger partial charge in [0.2, 0.25) is 0 Å². The summed E-state index contributed by atoms with van der Waals surface area (Å²) in [6.45, 7) is 27.9. The van der Waals surface area contributed by atoms with E-state index in [0.717, 1.165) is 78.5 Å². The summed E-state index contributed by atoms with van der Waals surface area (Å²) in [5, 5.41) is 84.2. The van der Waals surface area contributed by atoms with Gasteiger partial charge in [-0.1, -0.05) is 283 Å². The molecule has 0 atom stereocenters. The molecule has 0 unspecified atom stereocenters. The highest BCUT2D eigenvalue weighted by molar-refractivity contribution is 6.34. The summed E-state index contributed by atoms with van der Waals surface area (Å²) in [4.78, 5) is 25.2. The average Bonchev–Trinajstić information content (AvgIpc) is 1.72. The van der Waals surface area contributed by atoms with Crippen molar-refractivity contribution in [2.75, 3.05) is 7.11 Å². The van der Waals surface area contributed by atoms with Gasteiger partial charge in [0.15, 0.2) is 34.8 Å². The third-order valence-corrected chi connectivity index (χ3v) is 20.3. The molecule has 15 rings (SSSR count). The Labute approximate surface area is 749 Å². The Hall–Kier alpha value is -16.1. The van der Waals surface area contributed by atoms with Crippen LogP contribution in [-0.4, -0.2) is 89.2 Å². The smallest absolute Gasteiger partial charge is 0.191 e. The fourth-order valence-electron chi connectivity index (χ4n) is 12.9. The first-order chi connectivity index (χ1) is 61.3. The third-order valence-electron chi connectivity index (χ3n) is 19.9. The van der Waals surface area contributed by atoms with E-state index in [-0.39, 0.29) is 5.41 Å². The molecule has 5 N–H and O–H groups in total. The van der Waals surface area contributed by atoms with Crippen molar-refractivity contribution in [1.29, 1.82) is 26.3 Å². The molecule has 5 aromatic heterocycles. The van der Waals surface area contributed by atoms with Crippen molar-refractivity contribution in [3.63, 3.8) is 0 Å². The molecule has 0 fully saturated rings. The number of ether oxygens (including phenoxy) is 1. The Morgan fingerprint density at radius 3 is 0.819 bits per heavy atom. The van der Waals surface area contributed by atoms with Gasteiger partial charge in [0.1, 0.15) is 63.9 Å². The van der Waals surface area contributed by atoms with E-state index in [2.05, 4.69) is 188 Å². The monoisotopic (exact) mass is 1710 g/mol. The lowest BCUT2D eigenvalue weighted by molar-refractivity contribution is 0.414. The fourth-order valence-corrected chi connectivity index (χ4v) is 13.5. The number of aliphatic imine (C=N–C) groups is 5. The second kappa shape index (κ2) is 44.6. The van der Waals surface area contributed by atoms with E-state index in [9.17, 15) is 26.3 Å². The van der Waals surface area contributed by atoms with E-state index in [4.69, 9.17) is 34.5 Å². The molecule has 10 aromatic carbocycles. The van der Waals surface area contributed by atoms with Gasteiger partial charge in [-0.05, 0) is 145 Å². The Balaban J connectivity index is 0.000000154. The van der Waals surface area contributed by atoms with Crippen LogP contribution in [0.5, 0.6) is 5.75 Å². The zero-order chi connectivity index (χ0) is 90.4. The van der Waals surface area contributed by atoms with Gasteiger partial charge in [-0.3, -0.25) is 25.5 Å². The molecule has 5 heterocycles. The summed E-state index contributed by atoms with van der Waals surface area (Å²) >= 11 is 12.1. The van der Waals surface area contributed by atoms with Crippen LogP contribution < -0.4 is 4.74 Å². The summed E-state index contributed by atoms with van der Waals surface area (Å²) in [5.41, 5.74) is 26.5. The van der Waals surface area contributed by atoms with Gasteiger partial charge in [-0.2, -0.15) is 51.8 Å². The highest BCUT2D eigenvalue weighted by atomic mass is 35.5. The first-order valence-corrected chi connectivity index (χ1v) is 41.2. The molecule has 0 bridgehead atoms.